The van der Waals surface area contributed by atoms with E-state index in [4.69, 9.17) is 0 Å². The van der Waals surface area contributed by atoms with Gasteiger partial charge < -0.3 is 14.7 Å². The van der Waals surface area contributed by atoms with Gasteiger partial charge in [0.25, 0.3) is 0 Å². The number of aliphatic hydroxyl groups is 1. The SMILES string of the molecule is CC(O)(C[N+](C)(C)C)C1(C(=O)O)C(=O)C=CCC1=O. The Morgan fingerprint density at radius 2 is 1.95 bits per heavy atom. The average molecular weight is 270 g/mol. The molecular formula is C13H20NO5+. The maximum Gasteiger partial charge on any atom is 0.328 e. The van der Waals surface area contributed by atoms with Crippen molar-refractivity contribution in [1.82, 2.24) is 0 Å². The molecule has 106 valence electrons. The number of carboxylic acid groups (broad SMARTS) is 1. The molecule has 0 saturated carbocycles. The van der Waals surface area contributed by atoms with Crippen LogP contribution in [0.2, 0.25) is 0 Å². The van der Waals surface area contributed by atoms with Crippen LogP contribution in [0.4, 0.5) is 0 Å². The summed E-state index contributed by atoms with van der Waals surface area (Å²) in [6.45, 7) is 1.20. The maximum atomic E-state index is 12.1. The highest BCUT2D eigenvalue weighted by Crippen LogP contribution is 2.39. The summed E-state index contributed by atoms with van der Waals surface area (Å²) < 4.78 is 0.228. The van der Waals surface area contributed by atoms with Gasteiger partial charge in [0, 0.05) is 6.42 Å². The van der Waals surface area contributed by atoms with E-state index in [0.717, 1.165) is 6.08 Å². The second kappa shape index (κ2) is 4.54. The number of Topliss-reactive ketones (excluding diaryl/α,β-unsaturated/α-hetero) is 1. The first-order chi connectivity index (χ1) is 8.45. The molecule has 0 aromatic rings. The normalized spacial score (nSPS) is 27.2. The molecule has 0 aromatic heterocycles. The van der Waals surface area contributed by atoms with E-state index in [1.807, 2.05) is 0 Å². The van der Waals surface area contributed by atoms with Crippen LogP contribution in [0.1, 0.15) is 13.3 Å². The number of ketones is 2. The third-order valence-corrected chi connectivity index (χ3v) is 3.27. The minimum atomic E-state index is -2.41. The highest BCUT2D eigenvalue weighted by atomic mass is 16.4. The van der Waals surface area contributed by atoms with Crippen molar-refractivity contribution in [3.63, 3.8) is 0 Å². The molecule has 19 heavy (non-hydrogen) atoms. The number of hydrogen-bond donors (Lipinski definition) is 2. The number of nitrogens with zero attached hydrogens (tertiary/aromatic N) is 1. The van der Waals surface area contributed by atoms with Crippen LogP contribution in [-0.2, 0) is 14.4 Å². The van der Waals surface area contributed by atoms with Crippen molar-refractivity contribution >= 4 is 17.5 Å². The molecular weight excluding hydrogens is 250 g/mol. The molecule has 0 aromatic carbocycles. The minimum Gasteiger partial charge on any atom is -0.480 e. The van der Waals surface area contributed by atoms with Gasteiger partial charge in [-0.25, -0.2) is 0 Å². The van der Waals surface area contributed by atoms with Crippen LogP contribution >= 0.6 is 0 Å². The molecule has 6 heteroatoms. The Balaban J connectivity index is 3.43. The molecule has 6 nitrogen and oxygen atoms in total. The monoisotopic (exact) mass is 270 g/mol. The van der Waals surface area contributed by atoms with Gasteiger partial charge in [-0.2, -0.15) is 0 Å². The van der Waals surface area contributed by atoms with E-state index in [9.17, 15) is 24.6 Å². The fraction of sp³-hybridized carbons (Fsp3) is 0.615. The quantitative estimate of drug-likeness (QED) is 0.536. The van der Waals surface area contributed by atoms with Crippen LogP contribution in [0, 0.1) is 5.41 Å². The van der Waals surface area contributed by atoms with Crippen LogP contribution in [0.3, 0.4) is 0 Å². The zero-order valence-corrected chi connectivity index (χ0v) is 11.6. The molecule has 0 saturated heterocycles. The Labute approximate surface area is 111 Å². The maximum absolute atomic E-state index is 12.1. The summed E-state index contributed by atoms with van der Waals surface area (Å²) >= 11 is 0. The molecule has 1 aliphatic rings. The van der Waals surface area contributed by atoms with Crippen LogP contribution in [0.5, 0.6) is 0 Å². The Hall–Kier alpha value is -1.53. The smallest absolute Gasteiger partial charge is 0.328 e. The van der Waals surface area contributed by atoms with E-state index < -0.39 is 28.6 Å². The zero-order valence-electron chi connectivity index (χ0n) is 11.6. The van der Waals surface area contributed by atoms with Gasteiger partial charge in [-0.15, -0.1) is 0 Å². The molecule has 2 atom stereocenters. The van der Waals surface area contributed by atoms with Crippen molar-refractivity contribution in [2.75, 3.05) is 27.7 Å². The molecule has 0 spiro atoms. The Morgan fingerprint density at radius 1 is 1.42 bits per heavy atom. The molecule has 0 fully saturated rings. The summed E-state index contributed by atoms with van der Waals surface area (Å²) in [5, 5.41) is 20.0. The zero-order chi connectivity index (χ0) is 15.1. The Bertz CT molecular complexity index is 458. The average Bonchev–Trinajstić information content (AvgIpc) is 2.11. The number of hydrogen-bond acceptors (Lipinski definition) is 4. The lowest BCUT2D eigenvalue weighted by atomic mass is 9.63. The number of rotatable bonds is 4. The van der Waals surface area contributed by atoms with Crippen molar-refractivity contribution in [2.45, 2.75) is 18.9 Å². The number of aliphatic carboxylic acids is 1. The standard InChI is InChI=1S/C13H19NO5/c1-12(19,8-14(2,3)4)13(11(17)18)9(15)6-5-7-10(13)16/h5-6,19H,7-8H2,1-4H3/p+1. The summed E-state index contributed by atoms with van der Waals surface area (Å²) in [5.41, 5.74) is -4.37. The second-order valence-corrected chi connectivity index (χ2v) is 6.17. The lowest BCUT2D eigenvalue weighted by Crippen LogP contribution is -2.66. The third-order valence-electron chi connectivity index (χ3n) is 3.27. The van der Waals surface area contributed by atoms with Gasteiger partial charge in [-0.1, -0.05) is 6.08 Å². The number of allylic oxidation sites excluding steroid dienone is 2. The van der Waals surface area contributed by atoms with Crippen LogP contribution in [0.15, 0.2) is 12.2 Å². The van der Waals surface area contributed by atoms with Gasteiger partial charge in [0.05, 0.1) is 21.1 Å². The van der Waals surface area contributed by atoms with Gasteiger partial charge in [0.2, 0.25) is 5.41 Å². The predicted octanol–water partition coefficient (Wildman–Crippen LogP) is -0.387. The summed E-state index contributed by atoms with van der Waals surface area (Å²) in [7, 11) is 5.24. The molecule has 0 radical (unpaired) electrons. The van der Waals surface area contributed by atoms with Crippen molar-refractivity contribution < 1.29 is 29.1 Å². The van der Waals surface area contributed by atoms with Crippen LogP contribution < -0.4 is 0 Å². The summed E-state index contributed by atoms with van der Waals surface area (Å²) in [6.07, 6.45) is 2.23. The topological polar surface area (TPSA) is 91.7 Å². The number of likely N-dealkylation sites (N-methyl/N-ethyl adjacent to an activating group) is 1. The van der Waals surface area contributed by atoms with Crippen molar-refractivity contribution in [1.29, 1.82) is 0 Å². The van der Waals surface area contributed by atoms with Gasteiger partial charge in [-0.3, -0.25) is 14.4 Å². The lowest BCUT2D eigenvalue weighted by molar-refractivity contribution is -0.877. The first kappa shape index (κ1) is 15.5. The molecule has 0 amide bonds. The molecule has 0 heterocycles. The van der Waals surface area contributed by atoms with E-state index >= 15 is 0 Å². The lowest BCUT2D eigenvalue weighted by Gasteiger charge is -2.42. The van der Waals surface area contributed by atoms with Crippen molar-refractivity contribution in [3.8, 4) is 0 Å². The number of quaternary nitrogens is 1. The molecule has 2 unspecified atom stereocenters. The Morgan fingerprint density at radius 3 is 2.32 bits per heavy atom. The largest absolute Gasteiger partial charge is 0.480 e. The number of carboxylic acids is 1. The number of carbonyl (C=O) groups excluding carboxylic acids is 2. The van der Waals surface area contributed by atoms with Gasteiger partial charge in [0.15, 0.2) is 11.6 Å². The molecule has 2 N–H and O–H groups in total. The molecule has 1 rings (SSSR count). The highest BCUT2D eigenvalue weighted by molar-refractivity contribution is 6.27. The summed E-state index contributed by atoms with van der Waals surface area (Å²) in [5.74, 6) is -3.23. The van der Waals surface area contributed by atoms with E-state index in [0.29, 0.717) is 0 Å². The van der Waals surface area contributed by atoms with Crippen LogP contribution in [-0.4, -0.2) is 65.5 Å². The van der Waals surface area contributed by atoms with Gasteiger partial charge in [0.1, 0.15) is 12.1 Å². The van der Waals surface area contributed by atoms with Crippen LogP contribution in [0.25, 0.3) is 0 Å². The third kappa shape index (κ3) is 2.46. The van der Waals surface area contributed by atoms with Gasteiger partial charge in [-0.05, 0) is 13.0 Å². The Kier molecular flexibility index (Phi) is 3.71. The fourth-order valence-corrected chi connectivity index (χ4v) is 2.75. The molecule has 0 aliphatic heterocycles. The second-order valence-electron chi connectivity index (χ2n) is 6.17. The first-order valence-electron chi connectivity index (χ1n) is 5.95. The molecule has 1 aliphatic carbocycles. The highest BCUT2D eigenvalue weighted by Gasteiger charge is 2.65. The summed E-state index contributed by atoms with van der Waals surface area (Å²) in [4.78, 5) is 35.7. The first-order valence-corrected chi connectivity index (χ1v) is 5.95. The number of carbonyl (C=O) groups is 3. The van der Waals surface area contributed by atoms with Crippen molar-refractivity contribution in [2.24, 2.45) is 5.41 Å². The fourth-order valence-electron chi connectivity index (χ4n) is 2.75. The van der Waals surface area contributed by atoms with Crippen molar-refractivity contribution in [3.05, 3.63) is 12.2 Å². The minimum absolute atomic E-state index is 0.0371. The molecule has 0 bridgehead atoms. The van der Waals surface area contributed by atoms with E-state index in [2.05, 4.69) is 0 Å². The van der Waals surface area contributed by atoms with E-state index in [1.54, 1.807) is 21.1 Å². The van der Waals surface area contributed by atoms with E-state index in [1.165, 1.54) is 13.0 Å². The predicted molar refractivity (Wildman–Crippen MR) is 67.4 cm³/mol. The van der Waals surface area contributed by atoms with Gasteiger partial charge >= 0.3 is 5.97 Å². The van der Waals surface area contributed by atoms with E-state index in [-0.39, 0.29) is 17.4 Å². The summed E-state index contributed by atoms with van der Waals surface area (Å²) in [6, 6.07) is 0.